The van der Waals surface area contributed by atoms with Gasteiger partial charge < -0.3 is 16.4 Å². The smallest absolute Gasteiger partial charge is 0.191 e. The van der Waals surface area contributed by atoms with Crippen LogP contribution in [0.25, 0.3) is 0 Å². The lowest BCUT2D eigenvalue weighted by Gasteiger charge is -2.08. The van der Waals surface area contributed by atoms with E-state index in [4.69, 9.17) is 11.5 Å². The molecule has 0 radical (unpaired) electrons. The predicted octanol–water partition coefficient (Wildman–Crippen LogP) is 0.481. The molecule has 0 aliphatic carbocycles. The van der Waals surface area contributed by atoms with Crippen molar-refractivity contribution < 1.29 is 0 Å². The second-order valence-corrected chi connectivity index (χ2v) is 3.99. The topological polar surface area (TPSA) is 80.5 Å². The van der Waals surface area contributed by atoms with Gasteiger partial charge in [-0.15, -0.1) is 0 Å². The molecule has 5 nitrogen and oxygen atoms in total. The van der Waals surface area contributed by atoms with Crippen LogP contribution in [0.3, 0.4) is 0 Å². The van der Waals surface area contributed by atoms with Crippen molar-refractivity contribution >= 4 is 11.6 Å². The lowest BCUT2D eigenvalue weighted by Crippen LogP contribution is -2.21. The molecule has 5 heteroatoms. The number of aliphatic imine (C=N–C) groups is 1. The van der Waals surface area contributed by atoms with Crippen LogP contribution in [0.1, 0.15) is 12.0 Å². The zero-order chi connectivity index (χ0) is 12.0. The monoisotopic (exact) mass is 221 g/mol. The normalized spacial score (nSPS) is 10.4. The van der Waals surface area contributed by atoms with Gasteiger partial charge in [-0.2, -0.15) is 0 Å². The summed E-state index contributed by atoms with van der Waals surface area (Å²) in [5.41, 5.74) is 12.5. The first-order chi connectivity index (χ1) is 7.58. The molecule has 16 heavy (non-hydrogen) atoms. The highest BCUT2D eigenvalue weighted by atomic mass is 15.0. The molecule has 0 aliphatic heterocycles. The minimum atomic E-state index is 0.0623. The number of nitrogens with two attached hydrogens (primary N) is 2. The van der Waals surface area contributed by atoms with Crippen LogP contribution in [-0.4, -0.2) is 36.5 Å². The Labute approximate surface area is 96.2 Å². The van der Waals surface area contributed by atoms with Crippen LogP contribution in [0.4, 0.5) is 5.69 Å². The number of aryl methyl sites for hydroxylation is 1. The van der Waals surface area contributed by atoms with E-state index in [1.54, 1.807) is 6.20 Å². The molecule has 1 aromatic rings. The Kier molecular flexibility index (Phi) is 4.72. The number of nitrogens with zero attached hydrogens (tertiary/aromatic N) is 3. The first-order valence-corrected chi connectivity index (χ1v) is 5.26. The molecule has 0 aliphatic rings. The highest BCUT2D eigenvalue weighted by molar-refractivity contribution is 5.78. The molecule has 0 amide bonds. The van der Waals surface area contributed by atoms with E-state index in [1.807, 2.05) is 12.3 Å². The fraction of sp³-hybridized carbons (Fsp3) is 0.455. The molecular weight excluding hydrogens is 202 g/mol. The maximum atomic E-state index is 5.31. The number of hydrogen-bond acceptors (Lipinski definition) is 3. The van der Waals surface area contributed by atoms with Crippen molar-refractivity contribution in [3.8, 4) is 0 Å². The van der Waals surface area contributed by atoms with E-state index in [0.717, 1.165) is 24.9 Å². The van der Waals surface area contributed by atoms with Gasteiger partial charge in [-0.25, -0.2) is 4.99 Å². The van der Waals surface area contributed by atoms with Gasteiger partial charge in [-0.05, 0) is 45.1 Å². The largest absolute Gasteiger partial charge is 0.370 e. The Morgan fingerprint density at radius 1 is 1.38 bits per heavy atom. The zero-order valence-corrected chi connectivity index (χ0v) is 9.85. The summed E-state index contributed by atoms with van der Waals surface area (Å²) < 4.78 is 0. The van der Waals surface area contributed by atoms with Gasteiger partial charge in [-0.1, -0.05) is 0 Å². The number of rotatable bonds is 5. The van der Waals surface area contributed by atoms with Gasteiger partial charge >= 0.3 is 0 Å². The van der Waals surface area contributed by atoms with E-state index >= 15 is 0 Å². The third-order valence-corrected chi connectivity index (χ3v) is 2.11. The van der Waals surface area contributed by atoms with Crippen molar-refractivity contribution in [3.63, 3.8) is 0 Å². The minimum absolute atomic E-state index is 0.0623. The third-order valence-electron chi connectivity index (χ3n) is 2.11. The molecule has 0 spiro atoms. The lowest BCUT2D eigenvalue weighted by atomic mass is 10.1. The van der Waals surface area contributed by atoms with Crippen LogP contribution < -0.4 is 11.5 Å². The average Bonchev–Trinajstić information content (AvgIpc) is 2.16. The summed E-state index contributed by atoms with van der Waals surface area (Å²) in [5.74, 6) is 0.0623. The first kappa shape index (κ1) is 12.4. The fourth-order valence-corrected chi connectivity index (χ4v) is 1.42. The molecule has 0 bridgehead atoms. The van der Waals surface area contributed by atoms with Crippen LogP contribution in [-0.2, 0) is 6.42 Å². The molecule has 1 aromatic heterocycles. The van der Waals surface area contributed by atoms with Crippen molar-refractivity contribution in [2.45, 2.75) is 12.8 Å². The van der Waals surface area contributed by atoms with E-state index in [1.165, 1.54) is 0 Å². The van der Waals surface area contributed by atoms with E-state index in [2.05, 4.69) is 29.0 Å². The Balaban J connectivity index is 2.57. The summed E-state index contributed by atoms with van der Waals surface area (Å²) in [6.45, 7) is 1.06. The van der Waals surface area contributed by atoms with Crippen molar-refractivity contribution in [1.82, 2.24) is 9.88 Å². The minimum Gasteiger partial charge on any atom is -0.370 e. The lowest BCUT2D eigenvalue weighted by molar-refractivity contribution is 0.400. The molecule has 0 unspecified atom stereocenters. The molecular formula is C11H19N5. The maximum Gasteiger partial charge on any atom is 0.191 e. The molecule has 0 aromatic carbocycles. The first-order valence-electron chi connectivity index (χ1n) is 5.26. The summed E-state index contributed by atoms with van der Waals surface area (Å²) in [6, 6.07) is 1.96. The number of pyridine rings is 1. The number of guanidine groups is 1. The SMILES string of the molecule is CN(C)CCCc1cncc(N=C(N)N)c1. The Morgan fingerprint density at radius 3 is 2.75 bits per heavy atom. The van der Waals surface area contributed by atoms with Crippen LogP contribution >= 0.6 is 0 Å². The third kappa shape index (κ3) is 4.75. The van der Waals surface area contributed by atoms with E-state index in [-0.39, 0.29) is 5.96 Å². The molecule has 0 fully saturated rings. The summed E-state index contributed by atoms with van der Waals surface area (Å²) in [4.78, 5) is 10.2. The van der Waals surface area contributed by atoms with Crippen LogP contribution in [0.5, 0.6) is 0 Å². The summed E-state index contributed by atoms with van der Waals surface area (Å²) >= 11 is 0. The van der Waals surface area contributed by atoms with Gasteiger partial charge in [0.25, 0.3) is 0 Å². The molecule has 1 heterocycles. The van der Waals surface area contributed by atoms with Crippen molar-refractivity contribution in [2.24, 2.45) is 16.5 Å². The molecule has 0 saturated carbocycles. The molecule has 0 saturated heterocycles. The van der Waals surface area contributed by atoms with Crippen molar-refractivity contribution in [2.75, 3.05) is 20.6 Å². The number of aromatic nitrogens is 1. The molecule has 88 valence electrons. The summed E-state index contributed by atoms with van der Waals surface area (Å²) in [5, 5.41) is 0. The average molecular weight is 221 g/mol. The molecule has 4 N–H and O–H groups in total. The predicted molar refractivity (Wildman–Crippen MR) is 66.6 cm³/mol. The van der Waals surface area contributed by atoms with Crippen molar-refractivity contribution in [3.05, 3.63) is 24.0 Å². The van der Waals surface area contributed by atoms with Gasteiger partial charge in [-0.3, -0.25) is 4.98 Å². The standard InChI is InChI=1S/C11H19N5/c1-16(2)5-3-4-9-6-10(8-14-7-9)15-11(12)13/h6-8H,3-5H2,1-2H3,(H4,12,13,15). The summed E-state index contributed by atoms with van der Waals surface area (Å²) in [6.07, 6.45) is 5.58. The Bertz CT molecular complexity index is 355. The van der Waals surface area contributed by atoms with Gasteiger partial charge in [0.15, 0.2) is 5.96 Å². The van der Waals surface area contributed by atoms with Crippen LogP contribution in [0.2, 0.25) is 0 Å². The second-order valence-electron chi connectivity index (χ2n) is 3.99. The second kappa shape index (κ2) is 6.07. The fourth-order valence-electron chi connectivity index (χ4n) is 1.42. The van der Waals surface area contributed by atoms with Gasteiger partial charge in [0.1, 0.15) is 0 Å². The van der Waals surface area contributed by atoms with Crippen LogP contribution in [0.15, 0.2) is 23.5 Å². The van der Waals surface area contributed by atoms with Gasteiger partial charge in [0.2, 0.25) is 0 Å². The highest BCUT2D eigenvalue weighted by Gasteiger charge is 1.97. The van der Waals surface area contributed by atoms with Crippen LogP contribution in [0, 0.1) is 0 Å². The maximum absolute atomic E-state index is 5.31. The van der Waals surface area contributed by atoms with Gasteiger partial charge in [0, 0.05) is 6.20 Å². The number of hydrogen-bond donors (Lipinski definition) is 2. The van der Waals surface area contributed by atoms with E-state index in [9.17, 15) is 0 Å². The van der Waals surface area contributed by atoms with Gasteiger partial charge in [0.05, 0.1) is 11.9 Å². The Hall–Kier alpha value is -1.62. The van der Waals surface area contributed by atoms with Crippen molar-refractivity contribution in [1.29, 1.82) is 0 Å². The van der Waals surface area contributed by atoms with E-state index < -0.39 is 0 Å². The summed E-state index contributed by atoms with van der Waals surface area (Å²) in [7, 11) is 4.13. The molecule has 0 atom stereocenters. The Morgan fingerprint density at radius 2 is 2.12 bits per heavy atom. The molecule has 1 rings (SSSR count). The highest BCUT2D eigenvalue weighted by Crippen LogP contribution is 2.13. The van der Waals surface area contributed by atoms with E-state index in [0.29, 0.717) is 5.69 Å². The quantitative estimate of drug-likeness (QED) is 0.560. The zero-order valence-electron chi connectivity index (χ0n) is 9.85.